The highest BCUT2D eigenvalue weighted by atomic mass is 16.3. The molecule has 3 N–H and O–H groups in total. The van der Waals surface area contributed by atoms with Crippen LogP contribution in [0.25, 0.3) is 22.6 Å². The number of fused-ring (bicyclic) bond motifs is 1. The number of aliphatic hydroxyl groups is 1. The number of carbonyl (C=O) groups is 1. The summed E-state index contributed by atoms with van der Waals surface area (Å²) in [5, 5.41) is 11.9. The number of carbonyl (C=O) groups excluding carboxylic acids is 1. The van der Waals surface area contributed by atoms with Crippen molar-refractivity contribution in [2.45, 2.75) is 6.92 Å². The number of aliphatic hydroxyl groups excluding tert-OH is 1. The Labute approximate surface area is 126 Å². The van der Waals surface area contributed by atoms with Gasteiger partial charge in [-0.1, -0.05) is 18.2 Å². The Hall–Kier alpha value is -2.80. The number of aromatic nitrogens is 4. The largest absolute Gasteiger partial charge is 0.395 e. The van der Waals surface area contributed by atoms with Crippen LogP contribution in [0.2, 0.25) is 0 Å². The Morgan fingerprint density at radius 1 is 1.36 bits per heavy atom. The average molecular weight is 297 g/mol. The average Bonchev–Trinajstić information content (AvgIpc) is 2.97. The van der Waals surface area contributed by atoms with E-state index in [4.69, 9.17) is 5.11 Å². The lowest BCUT2D eigenvalue weighted by atomic mass is 10.1. The molecule has 7 nitrogen and oxygen atoms in total. The Balaban J connectivity index is 2.05. The molecule has 22 heavy (non-hydrogen) atoms. The summed E-state index contributed by atoms with van der Waals surface area (Å²) in [5.74, 6) is 1.20. The number of Topliss-reactive ketones (excluding diaryl/α,β-unsaturated/α-hetero) is 1. The Morgan fingerprint density at radius 2 is 2.23 bits per heavy atom. The van der Waals surface area contributed by atoms with Gasteiger partial charge in [0.25, 0.3) is 0 Å². The summed E-state index contributed by atoms with van der Waals surface area (Å²) in [5.41, 5.74) is 2.62. The molecule has 7 heteroatoms. The lowest BCUT2D eigenvalue weighted by Gasteiger charge is -2.02. The van der Waals surface area contributed by atoms with Gasteiger partial charge in [0.1, 0.15) is 17.7 Å². The summed E-state index contributed by atoms with van der Waals surface area (Å²) in [7, 11) is 0. The van der Waals surface area contributed by atoms with Crippen molar-refractivity contribution in [2.24, 2.45) is 0 Å². The van der Waals surface area contributed by atoms with Gasteiger partial charge < -0.3 is 15.4 Å². The van der Waals surface area contributed by atoms with Crippen molar-refractivity contribution >= 4 is 22.8 Å². The molecule has 0 spiro atoms. The molecule has 0 saturated heterocycles. The van der Waals surface area contributed by atoms with Crippen LogP contribution >= 0.6 is 0 Å². The molecule has 0 bridgehead atoms. The number of rotatable bonds is 5. The van der Waals surface area contributed by atoms with Gasteiger partial charge in [-0.3, -0.25) is 4.79 Å². The number of hydrogen-bond acceptors (Lipinski definition) is 6. The minimum atomic E-state index is 0.00283. The summed E-state index contributed by atoms with van der Waals surface area (Å²) in [4.78, 5) is 27.4. The summed E-state index contributed by atoms with van der Waals surface area (Å²) in [6, 6.07) is 7.24. The van der Waals surface area contributed by atoms with Crippen molar-refractivity contribution < 1.29 is 9.90 Å². The SMILES string of the molecule is CC(=O)c1cccc(-c2nc3ncnc(NCCO)c3[nH]2)c1. The highest BCUT2D eigenvalue weighted by Crippen LogP contribution is 2.23. The van der Waals surface area contributed by atoms with Crippen LogP contribution in [0, 0.1) is 0 Å². The Kier molecular flexibility index (Phi) is 3.80. The first-order valence-corrected chi connectivity index (χ1v) is 6.86. The molecule has 0 saturated carbocycles. The first kappa shape index (κ1) is 14.2. The van der Waals surface area contributed by atoms with Crippen LogP contribution in [-0.2, 0) is 0 Å². The molecule has 2 heterocycles. The number of ketones is 1. The van der Waals surface area contributed by atoms with Gasteiger partial charge in [-0.2, -0.15) is 0 Å². The highest BCUT2D eigenvalue weighted by molar-refractivity contribution is 5.95. The van der Waals surface area contributed by atoms with Gasteiger partial charge in [0.05, 0.1) is 6.61 Å². The predicted octanol–water partition coefficient (Wildman–Crippen LogP) is 1.63. The van der Waals surface area contributed by atoms with Crippen molar-refractivity contribution in [3.63, 3.8) is 0 Å². The molecule has 0 unspecified atom stereocenters. The number of H-pyrrole nitrogens is 1. The number of nitrogens with zero attached hydrogens (tertiary/aromatic N) is 3. The highest BCUT2D eigenvalue weighted by Gasteiger charge is 2.11. The number of anilines is 1. The third-order valence-corrected chi connectivity index (χ3v) is 3.24. The van der Waals surface area contributed by atoms with Crippen LogP contribution in [0.4, 0.5) is 5.82 Å². The van der Waals surface area contributed by atoms with Crippen LogP contribution in [0.5, 0.6) is 0 Å². The van der Waals surface area contributed by atoms with Crippen LogP contribution in [-0.4, -0.2) is 44.0 Å². The fraction of sp³-hybridized carbons (Fsp3) is 0.200. The second kappa shape index (κ2) is 5.90. The standard InChI is InChI=1S/C15H15N5O2/c1-9(22)10-3-2-4-11(7-10)13-19-12-14(16-5-6-21)17-8-18-15(12)20-13/h2-4,7-8,21H,5-6H2,1H3,(H2,16,17,18,19,20). The summed E-state index contributed by atoms with van der Waals surface area (Å²) in [6.07, 6.45) is 1.42. The maximum atomic E-state index is 11.5. The lowest BCUT2D eigenvalue weighted by molar-refractivity contribution is 0.101. The zero-order valence-corrected chi connectivity index (χ0v) is 12.0. The number of hydrogen-bond donors (Lipinski definition) is 3. The van der Waals surface area contributed by atoms with E-state index in [1.807, 2.05) is 12.1 Å². The van der Waals surface area contributed by atoms with Crippen molar-refractivity contribution in [1.82, 2.24) is 19.9 Å². The first-order valence-electron chi connectivity index (χ1n) is 6.86. The molecular formula is C15H15N5O2. The van der Waals surface area contributed by atoms with E-state index < -0.39 is 0 Å². The van der Waals surface area contributed by atoms with Crippen LogP contribution < -0.4 is 5.32 Å². The Bertz CT molecular complexity index is 828. The molecule has 0 atom stereocenters. The fourth-order valence-electron chi connectivity index (χ4n) is 2.16. The molecule has 0 aliphatic heterocycles. The van der Waals surface area contributed by atoms with Gasteiger partial charge >= 0.3 is 0 Å². The molecule has 0 aliphatic carbocycles. The zero-order chi connectivity index (χ0) is 15.5. The van der Waals surface area contributed by atoms with Crippen molar-refractivity contribution in [1.29, 1.82) is 0 Å². The minimum Gasteiger partial charge on any atom is -0.395 e. The number of nitrogens with one attached hydrogen (secondary N) is 2. The molecule has 112 valence electrons. The van der Waals surface area contributed by atoms with E-state index in [1.165, 1.54) is 13.3 Å². The Morgan fingerprint density at radius 3 is 3.00 bits per heavy atom. The molecule has 0 radical (unpaired) electrons. The summed E-state index contributed by atoms with van der Waals surface area (Å²) >= 11 is 0. The molecule has 0 amide bonds. The zero-order valence-electron chi connectivity index (χ0n) is 12.0. The quantitative estimate of drug-likeness (QED) is 0.618. The summed E-state index contributed by atoms with van der Waals surface area (Å²) < 4.78 is 0. The van der Waals surface area contributed by atoms with Gasteiger partial charge in [-0.15, -0.1) is 0 Å². The van der Waals surface area contributed by atoms with Crippen LogP contribution in [0.3, 0.4) is 0 Å². The van der Waals surface area contributed by atoms with E-state index in [-0.39, 0.29) is 12.4 Å². The third-order valence-electron chi connectivity index (χ3n) is 3.24. The van der Waals surface area contributed by atoms with Crippen molar-refractivity contribution in [3.05, 3.63) is 36.2 Å². The van der Waals surface area contributed by atoms with Crippen LogP contribution in [0.1, 0.15) is 17.3 Å². The van der Waals surface area contributed by atoms with E-state index in [0.29, 0.717) is 34.9 Å². The normalized spacial score (nSPS) is 10.8. The molecule has 3 rings (SSSR count). The molecule has 1 aromatic carbocycles. The molecule has 0 aliphatic rings. The number of imidazole rings is 1. The van der Waals surface area contributed by atoms with E-state index in [1.54, 1.807) is 12.1 Å². The van der Waals surface area contributed by atoms with Gasteiger partial charge in [0.2, 0.25) is 0 Å². The molecule has 3 aromatic rings. The van der Waals surface area contributed by atoms with Gasteiger partial charge in [0.15, 0.2) is 17.2 Å². The minimum absolute atomic E-state index is 0.00283. The van der Waals surface area contributed by atoms with Crippen molar-refractivity contribution in [2.75, 3.05) is 18.5 Å². The predicted molar refractivity (Wildman–Crippen MR) is 82.7 cm³/mol. The lowest BCUT2D eigenvalue weighted by Crippen LogP contribution is -2.07. The van der Waals surface area contributed by atoms with E-state index in [2.05, 4.69) is 25.3 Å². The maximum Gasteiger partial charge on any atom is 0.183 e. The van der Waals surface area contributed by atoms with Gasteiger partial charge in [-0.05, 0) is 13.0 Å². The molecular weight excluding hydrogens is 282 g/mol. The topological polar surface area (TPSA) is 104 Å². The monoisotopic (exact) mass is 297 g/mol. The van der Waals surface area contributed by atoms with E-state index >= 15 is 0 Å². The first-order chi connectivity index (χ1) is 10.7. The van der Waals surface area contributed by atoms with E-state index in [0.717, 1.165) is 5.56 Å². The molecule has 2 aromatic heterocycles. The van der Waals surface area contributed by atoms with Crippen LogP contribution in [0.15, 0.2) is 30.6 Å². The maximum absolute atomic E-state index is 11.5. The summed E-state index contributed by atoms with van der Waals surface area (Å²) in [6.45, 7) is 1.92. The smallest absolute Gasteiger partial charge is 0.183 e. The van der Waals surface area contributed by atoms with Gasteiger partial charge in [0, 0.05) is 17.7 Å². The van der Waals surface area contributed by atoms with E-state index in [9.17, 15) is 4.79 Å². The fourth-order valence-corrected chi connectivity index (χ4v) is 2.16. The second-order valence-electron chi connectivity index (χ2n) is 4.79. The second-order valence-corrected chi connectivity index (χ2v) is 4.79. The molecule has 0 fully saturated rings. The third kappa shape index (κ3) is 2.66. The number of aromatic amines is 1. The number of benzene rings is 1. The van der Waals surface area contributed by atoms with Crippen molar-refractivity contribution in [3.8, 4) is 11.4 Å². The van der Waals surface area contributed by atoms with Gasteiger partial charge in [-0.25, -0.2) is 15.0 Å².